The summed E-state index contributed by atoms with van der Waals surface area (Å²) in [5.74, 6) is 0.740. The molecule has 0 heterocycles. The number of ether oxygens (including phenoxy) is 1. The first-order valence-electron chi connectivity index (χ1n) is 8.45. The highest BCUT2D eigenvalue weighted by Gasteiger charge is 2.11. The van der Waals surface area contributed by atoms with Crippen LogP contribution < -0.4 is 10.5 Å². The summed E-state index contributed by atoms with van der Waals surface area (Å²) in [7, 11) is 0. The van der Waals surface area contributed by atoms with Crippen molar-refractivity contribution in [2.75, 3.05) is 25.4 Å². The van der Waals surface area contributed by atoms with Gasteiger partial charge >= 0.3 is 0 Å². The van der Waals surface area contributed by atoms with Gasteiger partial charge in [-0.25, -0.2) is 0 Å². The van der Waals surface area contributed by atoms with Gasteiger partial charge in [-0.3, -0.25) is 9.69 Å². The van der Waals surface area contributed by atoms with Crippen LogP contribution in [0.1, 0.15) is 36.2 Å². The highest BCUT2D eigenvalue weighted by molar-refractivity contribution is 5.97. The molecule has 0 aliphatic rings. The lowest BCUT2D eigenvalue weighted by molar-refractivity contribution is 0.0963. The van der Waals surface area contributed by atoms with Crippen LogP contribution in [0.2, 0.25) is 0 Å². The van der Waals surface area contributed by atoms with E-state index in [0.29, 0.717) is 30.0 Å². The van der Waals surface area contributed by atoms with E-state index in [1.165, 1.54) is 5.56 Å². The number of ketones is 1. The number of carbonyl (C=O) groups is 1. The van der Waals surface area contributed by atoms with Crippen LogP contribution in [0.15, 0.2) is 48.5 Å². The Bertz CT molecular complexity index is 656. The van der Waals surface area contributed by atoms with E-state index < -0.39 is 0 Å². The van der Waals surface area contributed by atoms with Crippen molar-refractivity contribution in [3.05, 3.63) is 59.7 Å². The van der Waals surface area contributed by atoms with E-state index in [-0.39, 0.29) is 5.78 Å². The lowest BCUT2D eigenvalue weighted by Crippen LogP contribution is -2.25. The first-order valence-corrected chi connectivity index (χ1v) is 8.45. The number of carbonyl (C=O) groups excluding carboxylic acids is 1. The molecule has 0 aromatic heterocycles. The van der Waals surface area contributed by atoms with Gasteiger partial charge in [0, 0.05) is 25.1 Å². The van der Waals surface area contributed by atoms with Gasteiger partial charge in [0.2, 0.25) is 0 Å². The number of Topliss-reactive ketones (excluding diaryl/α,β-unsaturated/α-hetero) is 1. The van der Waals surface area contributed by atoms with Crippen molar-refractivity contribution < 1.29 is 9.53 Å². The molecule has 2 aromatic carbocycles. The largest absolute Gasteiger partial charge is 0.492 e. The van der Waals surface area contributed by atoms with E-state index in [4.69, 9.17) is 10.5 Å². The predicted octanol–water partition coefficient (Wildman–Crippen LogP) is 3.76. The topological polar surface area (TPSA) is 55.6 Å². The van der Waals surface area contributed by atoms with Crippen LogP contribution in [0.3, 0.4) is 0 Å². The van der Waals surface area contributed by atoms with Crippen molar-refractivity contribution in [1.29, 1.82) is 0 Å². The first-order chi connectivity index (χ1) is 11.6. The van der Waals surface area contributed by atoms with Crippen molar-refractivity contribution in [3.63, 3.8) is 0 Å². The average Bonchev–Trinajstić information content (AvgIpc) is 2.61. The number of hydrogen-bond donors (Lipinski definition) is 1. The van der Waals surface area contributed by atoms with Crippen molar-refractivity contribution in [2.45, 2.75) is 26.8 Å². The summed E-state index contributed by atoms with van der Waals surface area (Å²) < 4.78 is 5.41. The molecule has 0 saturated carbocycles. The van der Waals surface area contributed by atoms with Crippen LogP contribution in [0.5, 0.6) is 5.75 Å². The van der Waals surface area contributed by atoms with E-state index in [9.17, 15) is 4.79 Å². The smallest absolute Gasteiger partial charge is 0.164 e. The van der Waals surface area contributed by atoms with Gasteiger partial charge in [0.1, 0.15) is 5.75 Å². The van der Waals surface area contributed by atoms with E-state index >= 15 is 0 Å². The molecule has 0 atom stereocenters. The molecule has 2 aromatic rings. The zero-order chi connectivity index (χ0) is 17.4. The molecule has 0 aliphatic heterocycles. The second kappa shape index (κ2) is 9.08. The quantitative estimate of drug-likeness (QED) is 0.563. The van der Waals surface area contributed by atoms with Crippen LogP contribution in [-0.2, 0) is 6.54 Å². The lowest BCUT2D eigenvalue weighted by Gasteiger charge is -2.20. The number of hydrogen-bond acceptors (Lipinski definition) is 4. The minimum atomic E-state index is 0.108. The number of nitrogens with two attached hydrogens (primary N) is 1. The summed E-state index contributed by atoms with van der Waals surface area (Å²) in [6.45, 7) is 7.08. The minimum Gasteiger partial charge on any atom is -0.492 e. The molecule has 0 radical (unpaired) electrons. The summed E-state index contributed by atoms with van der Waals surface area (Å²) in [5, 5.41) is 0. The molecular formula is C20H26N2O2. The Morgan fingerprint density at radius 2 is 1.88 bits per heavy atom. The standard InChI is InChI=1S/C20H26N2O2/c1-3-22(15-16-8-6-5-7-9-16)13-12-19(23)17-10-11-20(24-4-2)18(21)14-17/h5-11,14H,3-4,12-13,15,21H2,1-2H3. The monoisotopic (exact) mass is 326 g/mol. The zero-order valence-corrected chi connectivity index (χ0v) is 14.5. The third-order valence-electron chi connectivity index (χ3n) is 3.98. The van der Waals surface area contributed by atoms with Gasteiger partial charge in [-0.05, 0) is 37.2 Å². The number of anilines is 1. The zero-order valence-electron chi connectivity index (χ0n) is 14.5. The summed E-state index contributed by atoms with van der Waals surface area (Å²) in [6, 6.07) is 15.6. The maximum atomic E-state index is 12.4. The predicted molar refractivity (Wildman–Crippen MR) is 98.4 cm³/mol. The first kappa shape index (κ1) is 18.0. The average molecular weight is 326 g/mol. The molecule has 0 unspecified atom stereocenters. The van der Waals surface area contributed by atoms with Crippen LogP contribution in [0.4, 0.5) is 5.69 Å². The Hall–Kier alpha value is -2.33. The molecule has 0 amide bonds. The molecular weight excluding hydrogens is 300 g/mol. The fourth-order valence-corrected chi connectivity index (χ4v) is 2.60. The van der Waals surface area contributed by atoms with Crippen LogP contribution >= 0.6 is 0 Å². The number of benzene rings is 2. The SMILES string of the molecule is CCOc1ccc(C(=O)CCN(CC)Cc2ccccc2)cc1N. The Morgan fingerprint density at radius 3 is 2.50 bits per heavy atom. The Kier molecular flexibility index (Phi) is 6.82. The van der Waals surface area contributed by atoms with Gasteiger partial charge < -0.3 is 10.5 Å². The van der Waals surface area contributed by atoms with E-state index in [2.05, 4.69) is 24.0 Å². The number of nitrogens with zero attached hydrogens (tertiary/aromatic N) is 1. The lowest BCUT2D eigenvalue weighted by atomic mass is 10.1. The summed E-state index contributed by atoms with van der Waals surface area (Å²) >= 11 is 0. The third-order valence-corrected chi connectivity index (χ3v) is 3.98. The molecule has 0 spiro atoms. The maximum Gasteiger partial charge on any atom is 0.164 e. The number of nitrogen functional groups attached to an aromatic ring is 1. The second-order valence-electron chi connectivity index (χ2n) is 5.71. The maximum absolute atomic E-state index is 12.4. The molecule has 2 rings (SSSR count). The molecule has 4 nitrogen and oxygen atoms in total. The summed E-state index contributed by atoms with van der Waals surface area (Å²) in [4.78, 5) is 14.7. The van der Waals surface area contributed by atoms with Crippen molar-refractivity contribution in [1.82, 2.24) is 4.90 Å². The van der Waals surface area contributed by atoms with Crippen molar-refractivity contribution in [2.24, 2.45) is 0 Å². The van der Waals surface area contributed by atoms with Gasteiger partial charge in [0.25, 0.3) is 0 Å². The van der Waals surface area contributed by atoms with E-state index in [1.54, 1.807) is 18.2 Å². The highest BCUT2D eigenvalue weighted by atomic mass is 16.5. The molecule has 4 heteroatoms. The van der Waals surface area contributed by atoms with Crippen molar-refractivity contribution in [3.8, 4) is 5.75 Å². The van der Waals surface area contributed by atoms with Crippen LogP contribution in [-0.4, -0.2) is 30.4 Å². The van der Waals surface area contributed by atoms with Gasteiger partial charge in [-0.2, -0.15) is 0 Å². The Morgan fingerprint density at radius 1 is 1.12 bits per heavy atom. The fourth-order valence-electron chi connectivity index (χ4n) is 2.60. The van der Waals surface area contributed by atoms with Gasteiger partial charge in [0.15, 0.2) is 5.78 Å². The van der Waals surface area contributed by atoms with Gasteiger partial charge in [-0.15, -0.1) is 0 Å². The molecule has 24 heavy (non-hydrogen) atoms. The highest BCUT2D eigenvalue weighted by Crippen LogP contribution is 2.23. The molecule has 0 saturated heterocycles. The van der Waals surface area contributed by atoms with Gasteiger partial charge in [-0.1, -0.05) is 37.3 Å². The van der Waals surface area contributed by atoms with Crippen LogP contribution in [0, 0.1) is 0 Å². The molecule has 0 aliphatic carbocycles. The van der Waals surface area contributed by atoms with Crippen molar-refractivity contribution >= 4 is 11.5 Å². The second-order valence-corrected chi connectivity index (χ2v) is 5.71. The Labute approximate surface area is 144 Å². The van der Waals surface area contributed by atoms with E-state index in [1.807, 2.05) is 25.1 Å². The molecule has 0 bridgehead atoms. The fraction of sp³-hybridized carbons (Fsp3) is 0.350. The number of rotatable bonds is 9. The van der Waals surface area contributed by atoms with Crippen LogP contribution in [0.25, 0.3) is 0 Å². The van der Waals surface area contributed by atoms with Gasteiger partial charge in [0.05, 0.1) is 12.3 Å². The van der Waals surface area contributed by atoms with E-state index in [0.717, 1.165) is 19.6 Å². The molecule has 0 fully saturated rings. The molecule has 2 N–H and O–H groups in total. The Balaban J connectivity index is 1.92. The normalized spacial score (nSPS) is 10.8. The summed E-state index contributed by atoms with van der Waals surface area (Å²) in [5.41, 5.74) is 8.36. The summed E-state index contributed by atoms with van der Waals surface area (Å²) in [6.07, 6.45) is 0.480. The molecule has 128 valence electrons. The minimum absolute atomic E-state index is 0.108. The third kappa shape index (κ3) is 5.10.